The maximum absolute atomic E-state index is 11.5. The minimum atomic E-state index is -0.489. The van der Waals surface area contributed by atoms with Crippen LogP contribution < -0.4 is 10.6 Å². The maximum Gasteiger partial charge on any atom is 0.407 e. The van der Waals surface area contributed by atoms with Crippen molar-refractivity contribution in [2.45, 2.75) is 45.9 Å². The molecule has 0 radical (unpaired) electrons. The number of nitrogens with zero attached hydrogens (tertiary/aromatic N) is 1. The molecule has 0 saturated heterocycles. The van der Waals surface area contributed by atoms with E-state index in [1.807, 2.05) is 20.8 Å². The average Bonchev–Trinajstić information content (AvgIpc) is 2.67. The number of rotatable bonds is 2. The quantitative estimate of drug-likeness (QED) is 0.832. The molecule has 6 nitrogen and oxygen atoms in total. The third kappa shape index (κ3) is 3.22. The van der Waals surface area contributed by atoms with E-state index in [9.17, 15) is 4.79 Å². The van der Waals surface area contributed by atoms with E-state index in [0.717, 1.165) is 30.0 Å². The van der Waals surface area contributed by atoms with Crippen LogP contribution in [0.1, 0.15) is 37.8 Å². The van der Waals surface area contributed by atoms with Gasteiger partial charge in [0.15, 0.2) is 5.76 Å². The Morgan fingerprint density at radius 2 is 2.33 bits per heavy atom. The lowest BCUT2D eigenvalue weighted by atomic mass is 10.1. The zero-order valence-electron chi connectivity index (χ0n) is 11.0. The first kappa shape index (κ1) is 12.9. The Morgan fingerprint density at radius 1 is 1.56 bits per heavy atom. The molecule has 0 aliphatic carbocycles. The summed E-state index contributed by atoms with van der Waals surface area (Å²) in [6.45, 7) is 7.44. The number of nitrogens with one attached hydrogen (secondary N) is 2. The van der Waals surface area contributed by atoms with Gasteiger partial charge in [-0.15, -0.1) is 0 Å². The number of hydrogen-bond acceptors (Lipinski definition) is 5. The van der Waals surface area contributed by atoms with Crippen LogP contribution in [0.4, 0.5) is 4.79 Å². The number of aromatic nitrogens is 1. The lowest BCUT2D eigenvalue weighted by Gasteiger charge is -2.19. The van der Waals surface area contributed by atoms with Gasteiger partial charge in [0.1, 0.15) is 11.3 Å². The van der Waals surface area contributed by atoms with E-state index in [1.165, 1.54) is 0 Å². The summed E-state index contributed by atoms with van der Waals surface area (Å²) in [4.78, 5) is 11.5. The highest BCUT2D eigenvalue weighted by Gasteiger charge is 2.20. The summed E-state index contributed by atoms with van der Waals surface area (Å²) in [5, 5.41) is 9.87. The Hall–Kier alpha value is -1.56. The monoisotopic (exact) mass is 253 g/mol. The molecule has 0 spiro atoms. The van der Waals surface area contributed by atoms with E-state index in [2.05, 4.69) is 15.8 Å². The van der Waals surface area contributed by atoms with E-state index in [4.69, 9.17) is 9.26 Å². The van der Waals surface area contributed by atoms with Crippen molar-refractivity contribution in [3.63, 3.8) is 0 Å². The number of hydrogen-bond donors (Lipinski definition) is 2. The van der Waals surface area contributed by atoms with Crippen LogP contribution in [0.2, 0.25) is 0 Å². The molecule has 1 amide bonds. The van der Waals surface area contributed by atoms with Crippen LogP contribution in [0.5, 0.6) is 0 Å². The molecule has 0 aromatic carbocycles. The topological polar surface area (TPSA) is 76.4 Å². The van der Waals surface area contributed by atoms with Gasteiger partial charge in [-0.2, -0.15) is 0 Å². The van der Waals surface area contributed by atoms with Crippen molar-refractivity contribution in [2.75, 3.05) is 6.54 Å². The van der Waals surface area contributed by atoms with Gasteiger partial charge in [-0.05, 0) is 33.7 Å². The molecule has 0 saturated carbocycles. The van der Waals surface area contributed by atoms with Crippen molar-refractivity contribution in [2.24, 2.45) is 0 Å². The first-order valence-corrected chi connectivity index (χ1v) is 6.09. The van der Waals surface area contributed by atoms with Gasteiger partial charge in [0.25, 0.3) is 0 Å². The largest absolute Gasteiger partial charge is 0.444 e. The van der Waals surface area contributed by atoms with Crippen molar-refractivity contribution in [1.29, 1.82) is 0 Å². The van der Waals surface area contributed by atoms with Crippen LogP contribution in [0, 0.1) is 0 Å². The average molecular weight is 253 g/mol. The van der Waals surface area contributed by atoms with E-state index in [1.54, 1.807) is 0 Å². The smallest absolute Gasteiger partial charge is 0.407 e. The number of carbonyl (C=O) groups excluding carboxylic acids is 1. The Balaban J connectivity index is 1.91. The summed E-state index contributed by atoms with van der Waals surface area (Å²) in [5.74, 6) is 0.863. The number of alkyl carbamates (subject to hydrolysis) is 1. The van der Waals surface area contributed by atoms with E-state index >= 15 is 0 Å². The standard InChI is InChI=1S/C12H19N3O3/c1-12(2,3)17-11(16)14-6-9-8-4-5-13-7-10(8)18-15-9/h13H,4-7H2,1-3H3,(H,14,16). The summed E-state index contributed by atoms with van der Waals surface area (Å²) >= 11 is 0. The van der Waals surface area contributed by atoms with E-state index in [0.29, 0.717) is 13.1 Å². The fraction of sp³-hybridized carbons (Fsp3) is 0.667. The van der Waals surface area contributed by atoms with Crippen LogP contribution in [0.25, 0.3) is 0 Å². The number of amides is 1. The first-order valence-electron chi connectivity index (χ1n) is 6.09. The number of fused-ring (bicyclic) bond motifs is 1. The predicted molar refractivity (Wildman–Crippen MR) is 65.0 cm³/mol. The Bertz CT molecular complexity index is 434. The molecule has 2 heterocycles. The summed E-state index contributed by atoms with van der Waals surface area (Å²) in [6, 6.07) is 0. The van der Waals surface area contributed by atoms with Gasteiger partial charge in [-0.3, -0.25) is 0 Å². The Labute approximate surface area is 106 Å². The molecular weight excluding hydrogens is 234 g/mol. The molecule has 100 valence electrons. The fourth-order valence-electron chi connectivity index (χ4n) is 1.83. The molecule has 0 bridgehead atoms. The molecule has 2 N–H and O–H groups in total. The summed E-state index contributed by atoms with van der Waals surface area (Å²) in [5.41, 5.74) is 1.40. The van der Waals surface area contributed by atoms with Crippen LogP contribution in [-0.4, -0.2) is 23.4 Å². The molecule has 1 aliphatic rings. The van der Waals surface area contributed by atoms with Crippen LogP contribution in [0.3, 0.4) is 0 Å². The Morgan fingerprint density at radius 3 is 3.06 bits per heavy atom. The third-order valence-corrected chi connectivity index (χ3v) is 2.59. The van der Waals surface area contributed by atoms with Gasteiger partial charge < -0.3 is 19.9 Å². The fourth-order valence-corrected chi connectivity index (χ4v) is 1.83. The highest BCUT2D eigenvalue weighted by molar-refractivity contribution is 5.67. The second kappa shape index (κ2) is 4.97. The summed E-state index contributed by atoms with van der Waals surface area (Å²) < 4.78 is 10.4. The van der Waals surface area contributed by atoms with Crippen molar-refractivity contribution in [3.8, 4) is 0 Å². The molecule has 1 aromatic heterocycles. The van der Waals surface area contributed by atoms with Gasteiger partial charge >= 0.3 is 6.09 Å². The SMILES string of the molecule is CC(C)(C)OC(=O)NCc1noc2c1CCNC2. The molecule has 0 atom stereocenters. The van der Waals surface area contributed by atoms with Gasteiger partial charge in [0.2, 0.25) is 0 Å². The summed E-state index contributed by atoms with van der Waals surface area (Å²) in [7, 11) is 0. The highest BCUT2D eigenvalue weighted by Crippen LogP contribution is 2.17. The molecule has 2 rings (SSSR count). The van der Waals surface area contributed by atoms with Crippen LogP contribution in [-0.2, 0) is 24.2 Å². The lowest BCUT2D eigenvalue weighted by molar-refractivity contribution is 0.0522. The van der Waals surface area contributed by atoms with Crippen molar-refractivity contribution >= 4 is 6.09 Å². The molecule has 18 heavy (non-hydrogen) atoms. The zero-order chi connectivity index (χ0) is 13.2. The summed E-state index contributed by atoms with van der Waals surface area (Å²) in [6.07, 6.45) is 0.442. The second-order valence-electron chi connectivity index (χ2n) is 5.31. The minimum absolute atomic E-state index is 0.341. The normalized spacial score (nSPS) is 15.1. The van der Waals surface area contributed by atoms with Gasteiger partial charge in [0, 0.05) is 5.56 Å². The maximum atomic E-state index is 11.5. The molecular formula is C12H19N3O3. The predicted octanol–water partition coefficient (Wildman–Crippen LogP) is 1.34. The van der Waals surface area contributed by atoms with Crippen LogP contribution >= 0.6 is 0 Å². The lowest BCUT2D eigenvalue weighted by Crippen LogP contribution is -2.32. The molecule has 0 fully saturated rings. The molecule has 1 aliphatic heterocycles. The van der Waals surface area contributed by atoms with Crippen molar-refractivity contribution < 1.29 is 14.1 Å². The van der Waals surface area contributed by atoms with Gasteiger partial charge in [-0.25, -0.2) is 4.79 Å². The minimum Gasteiger partial charge on any atom is -0.444 e. The van der Waals surface area contributed by atoms with Crippen molar-refractivity contribution in [1.82, 2.24) is 15.8 Å². The highest BCUT2D eigenvalue weighted by atomic mass is 16.6. The molecule has 6 heteroatoms. The third-order valence-electron chi connectivity index (χ3n) is 2.59. The zero-order valence-corrected chi connectivity index (χ0v) is 11.0. The molecule has 1 aromatic rings. The molecule has 0 unspecified atom stereocenters. The van der Waals surface area contributed by atoms with Crippen LogP contribution in [0.15, 0.2) is 4.52 Å². The Kier molecular flexibility index (Phi) is 3.56. The van der Waals surface area contributed by atoms with E-state index < -0.39 is 11.7 Å². The number of ether oxygens (including phenoxy) is 1. The number of carbonyl (C=O) groups is 1. The van der Waals surface area contributed by atoms with E-state index in [-0.39, 0.29) is 0 Å². The first-order chi connectivity index (χ1) is 8.46. The van der Waals surface area contributed by atoms with Gasteiger partial charge in [-0.1, -0.05) is 5.16 Å². The van der Waals surface area contributed by atoms with Gasteiger partial charge in [0.05, 0.1) is 13.1 Å². The van der Waals surface area contributed by atoms with Crippen molar-refractivity contribution in [3.05, 3.63) is 17.0 Å². The second-order valence-corrected chi connectivity index (χ2v) is 5.31.